The minimum Gasteiger partial charge on any atom is -0.507 e. The molecule has 3 aromatic rings. The van der Waals surface area contributed by atoms with E-state index in [0.29, 0.717) is 102 Å². The number of amides is 3. The van der Waals surface area contributed by atoms with E-state index in [1.165, 1.54) is 0 Å². The Morgan fingerprint density at radius 3 is 2.21 bits per heavy atom. The van der Waals surface area contributed by atoms with Gasteiger partial charge in [-0.2, -0.15) is 0 Å². The summed E-state index contributed by atoms with van der Waals surface area (Å²) in [6.45, 7) is 8.25. The predicted molar refractivity (Wildman–Crippen MR) is 217 cm³/mol. The number of hydrogen-bond donors (Lipinski definition) is 2. The van der Waals surface area contributed by atoms with E-state index >= 15 is 0 Å². The molecular weight excluding hydrogens is 730 g/mol. The van der Waals surface area contributed by atoms with Crippen LogP contribution in [0.5, 0.6) is 5.75 Å². The fourth-order valence-electron chi connectivity index (χ4n) is 7.40. The zero-order valence-electron chi connectivity index (χ0n) is 33.6. The molecule has 3 aromatic carbocycles. The molecule has 0 aliphatic carbocycles. The molecule has 308 valence electrons. The molecule has 14 nitrogen and oxygen atoms in total. The molecule has 0 spiro atoms. The number of nitrogens with zero attached hydrogens (tertiary/aromatic N) is 4. The molecule has 2 heterocycles. The number of piperidine rings is 1. The lowest BCUT2D eigenvalue weighted by Crippen LogP contribution is -2.53. The number of nitrogens with one attached hydrogen (secondary N) is 1. The molecular formula is C43H57N5O9. The molecule has 1 atom stereocenters. The highest BCUT2D eigenvalue weighted by Gasteiger charge is 2.34. The molecule has 3 amide bonds. The van der Waals surface area contributed by atoms with Gasteiger partial charge < -0.3 is 49.0 Å². The maximum atomic E-state index is 14.1. The van der Waals surface area contributed by atoms with Crippen LogP contribution in [0.1, 0.15) is 45.5 Å². The summed E-state index contributed by atoms with van der Waals surface area (Å²) in [5, 5.41) is 13.6. The summed E-state index contributed by atoms with van der Waals surface area (Å²) in [5.74, 6) is -0.512. The summed E-state index contributed by atoms with van der Waals surface area (Å²) in [6.07, 6.45) is 1.34. The van der Waals surface area contributed by atoms with Gasteiger partial charge in [-0.1, -0.05) is 30.3 Å². The number of esters is 1. The van der Waals surface area contributed by atoms with Gasteiger partial charge in [-0.25, -0.2) is 9.59 Å². The van der Waals surface area contributed by atoms with E-state index in [9.17, 15) is 24.3 Å². The molecule has 14 heteroatoms. The minimum atomic E-state index is -1.07. The average molecular weight is 788 g/mol. The Balaban J connectivity index is 1.16. The summed E-state index contributed by atoms with van der Waals surface area (Å²) in [6, 6.07) is 18.8. The maximum Gasteiger partial charge on any atom is 0.410 e. The van der Waals surface area contributed by atoms with Crippen LogP contribution in [-0.2, 0) is 41.4 Å². The number of carbonyl (C=O) groups excluding carboxylic acids is 4. The predicted octanol–water partition coefficient (Wildman–Crippen LogP) is 4.43. The summed E-state index contributed by atoms with van der Waals surface area (Å²) in [5.41, 5.74) is 5.66. The number of aromatic hydroxyl groups is 1. The number of ether oxygens (including phenoxy) is 4. The number of piperazine rings is 1. The zero-order valence-corrected chi connectivity index (χ0v) is 33.6. The highest BCUT2D eigenvalue weighted by atomic mass is 16.6. The maximum absolute atomic E-state index is 14.1. The standard InChI is InChI=1S/C43H57N5O9/c1-31-27-33(28-32(2)40(31)50)29-39(57-43(53)47-17-14-37(15-18-47)48(30-49)16-13-34-7-5-6-8-38(34)44-3)41(51)46-21-19-45(20-22-46)36-11-9-35(10-12-36)42(52)56-26-25-55-24-23-54-4/h5-12,27-28,30,37,39,44,50H,13-26,29H2,1-4H3/t39-/m1/s1. The first-order valence-electron chi connectivity index (χ1n) is 19.7. The van der Waals surface area contributed by atoms with Gasteiger partial charge in [0.1, 0.15) is 12.4 Å². The first kappa shape index (κ1) is 42.8. The average Bonchev–Trinajstić information content (AvgIpc) is 3.24. The molecule has 0 unspecified atom stereocenters. The van der Waals surface area contributed by atoms with Crippen LogP contribution in [-0.4, -0.2) is 143 Å². The van der Waals surface area contributed by atoms with E-state index in [0.717, 1.165) is 28.9 Å². The number of phenols is 1. The van der Waals surface area contributed by atoms with Gasteiger partial charge in [-0.05, 0) is 85.7 Å². The van der Waals surface area contributed by atoms with Crippen LogP contribution in [0, 0.1) is 13.8 Å². The molecule has 2 aliphatic rings. The van der Waals surface area contributed by atoms with Gasteiger partial charge in [0.15, 0.2) is 6.10 Å². The number of likely N-dealkylation sites (tertiary alicyclic amines) is 1. The molecule has 0 radical (unpaired) electrons. The quantitative estimate of drug-likeness (QED) is 0.107. The van der Waals surface area contributed by atoms with Crippen LogP contribution in [0.4, 0.5) is 16.2 Å². The highest BCUT2D eigenvalue weighted by Crippen LogP contribution is 2.26. The Kier molecular flexibility index (Phi) is 16.0. The Bertz CT molecular complexity index is 1770. The van der Waals surface area contributed by atoms with Gasteiger partial charge in [0.2, 0.25) is 6.41 Å². The number of aryl methyl sites for hydroxylation is 2. The Morgan fingerprint density at radius 1 is 0.895 bits per heavy atom. The van der Waals surface area contributed by atoms with Crippen LogP contribution in [0.2, 0.25) is 0 Å². The smallest absolute Gasteiger partial charge is 0.410 e. The first-order chi connectivity index (χ1) is 27.6. The molecule has 2 saturated heterocycles. The van der Waals surface area contributed by atoms with Crippen LogP contribution in [0.3, 0.4) is 0 Å². The first-order valence-corrected chi connectivity index (χ1v) is 19.7. The van der Waals surface area contributed by atoms with Gasteiger partial charge in [-0.15, -0.1) is 0 Å². The molecule has 5 rings (SSSR count). The third kappa shape index (κ3) is 11.8. The van der Waals surface area contributed by atoms with Crippen molar-refractivity contribution in [3.8, 4) is 5.75 Å². The minimum absolute atomic E-state index is 0.00791. The van der Waals surface area contributed by atoms with E-state index in [4.69, 9.17) is 18.9 Å². The Hall–Kier alpha value is -5.34. The largest absolute Gasteiger partial charge is 0.507 e. The van der Waals surface area contributed by atoms with Gasteiger partial charge in [-0.3, -0.25) is 9.59 Å². The number of methoxy groups -OCH3 is 1. The number of benzene rings is 3. The van der Waals surface area contributed by atoms with Crippen LogP contribution >= 0.6 is 0 Å². The number of rotatable bonds is 18. The molecule has 0 aromatic heterocycles. The van der Waals surface area contributed by atoms with E-state index in [2.05, 4.69) is 16.3 Å². The SMILES string of the molecule is CNc1ccccc1CCN(C=O)C1CCN(C(=O)O[C@H](Cc2cc(C)c(O)c(C)c2)C(=O)N2CCN(c3ccc(C(=O)OCCOCCOC)cc3)CC2)CC1. The molecule has 2 aliphatic heterocycles. The summed E-state index contributed by atoms with van der Waals surface area (Å²) < 4.78 is 21.6. The fourth-order valence-corrected chi connectivity index (χ4v) is 7.40. The molecule has 0 saturated carbocycles. The van der Waals surface area contributed by atoms with Gasteiger partial charge in [0.25, 0.3) is 5.91 Å². The second-order valence-electron chi connectivity index (χ2n) is 14.5. The van der Waals surface area contributed by atoms with Crippen molar-refractivity contribution >= 4 is 35.8 Å². The fraction of sp³-hybridized carbons (Fsp3) is 0.488. The van der Waals surface area contributed by atoms with E-state index in [1.807, 2.05) is 54.4 Å². The van der Waals surface area contributed by atoms with Crippen molar-refractivity contribution in [3.63, 3.8) is 0 Å². The van der Waals surface area contributed by atoms with E-state index in [-0.39, 0.29) is 30.7 Å². The van der Waals surface area contributed by atoms with Gasteiger partial charge >= 0.3 is 12.1 Å². The lowest BCUT2D eigenvalue weighted by molar-refractivity contribution is -0.141. The van der Waals surface area contributed by atoms with Crippen LogP contribution in [0.25, 0.3) is 0 Å². The highest BCUT2D eigenvalue weighted by molar-refractivity contribution is 5.90. The van der Waals surface area contributed by atoms with E-state index < -0.39 is 18.2 Å². The van der Waals surface area contributed by atoms with Crippen molar-refractivity contribution in [3.05, 3.63) is 88.5 Å². The molecule has 2 fully saturated rings. The Labute approximate surface area is 335 Å². The van der Waals surface area contributed by atoms with Crippen molar-refractivity contribution in [2.75, 3.05) is 96.6 Å². The van der Waals surface area contributed by atoms with E-state index in [1.54, 1.807) is 42.9 Å². The third-order valence-electron chi connectivity index (χ3n) is 10.7. The van der Waals surface area contributed by atoms with Gasteiger partial charge in [0.05, 0.1) is 25.4 Å². The molecule has 2 N–H and O–H groups in total. The summed E-state index contributed by atoms with van der Waals surface area (Å²) in [4.78, 5) is 59.7. The second-order valence-corrected chi connectivity index (χ2v) is 14.5. The van der Waals surface area contributed by atoms with Crippen molar-refractivity contribution in [2.24, 2.45) is 0 Å². The molecule has 0 bridgehead atoms. The molecule has 57 heavy (non-hydrogen) atoms. The van der Waals surface area contributed by atoms with Crippen LogP contribution in [0.15, 0.2) is 60.7 Å². The lowest BCUT2D eigenvalue weighted by Gasteiger charge is -2.38. The monoisotopic (exact) mass is 787 g/mol. The normalized spacial score (nSPS) is 15.2. The van der Waals surface area contributed by atoms with Crippen molar-refractivity contribution in [2.45, 2.75) is 51.7 Å². The van der Waals surface area contributed by atoms with Crippen LogP contribution < -0.4 is 10.2 Å². The number of phenolic OH excluding ortho intramolecular Hbond substituents is 1. The van der Waals surface area contributed by atoms with Crippen molar-refractivity contribution in [1.29, 1.82) is 0 Å². The number of hydrogen-bond acceptors (Lipinski definition) is 11. The van der Waals surface area contributed by atoms with Crippen molar-refractivity contribution in [1.82, 2.24) is 14.7 Å². The summed E-state index contributed by atoms with van der Waals surface area (Å²) >= 11 is 0. The third-order valence-corrected chi connectivity index (χ3v) is 10.7. The lowest BCUT2D eigenvalue weighted by atomic mass is 10.0. The second kappa shape index (κ2) is 21.3. The van der Waals surface area contributed by atoms with Gasteiger partial charge in [0, 0.05) is 83.8 Å². The topological polar surface area (TPSA) is 150 Å². The number of anilines is 2. The van der Waals surface area contributed by atoms with Crippen molar-refractivity contribution < 1.29 is 43.2 Å². The Morgan fingerprint density at radius 2 is 1.56 bits per heavy atom. The zero-order chi connectivity index (χ0) is 40.7. The number of para-hydroxylation sites is 1. The number of carbonyl (C=O) groups is 4. The summed E-state index contributed by atoms with van der Waals surface area (Å²) in [7, 11) is 3.47.